The van der Waals surface area contributed by atoms with Crippen LogP contribution in [-0.4, -0.2) is 12.1 Å². The maximum Gasteiger partial charge on any atom is 0.0625 e. The molecule has 2 heteroatoms. The van der Waals surface area contributed by atoms with Crippen molar-refractivity contribution in [1.29, 1.82) is 5.26 Å². The minimum absolute atomic E-state index is 0.0620. The van der Waals surface area contributed by atoms with Gasteiger partial charge in [-0.25, -0.2) is 0 Å². The molecular formula is C17H24N2. The molecule has 0 saturated carbocycles. The van der Waals surface area contributed by atoms with Crippen LogP contribution in [0.3, 0.4) is 0 Å². The van der Waals surface area contributed by atoms with Gasteiger partial charge in [-0.2, -0.15) is 5.26 Å². The van der Waals surface area contributed by atoms with E-state index in [1.807, 2.05) is 0 Å². The van der Waals surface area contributed by atoms with Gasteiger partial charge in [0.1, 0.15) is 0 Å². The lowest BCUT2D eigenvalue weighted by Gasteiger charge is -2.49. The topological polar surface area (TPSA) is 27.0 Å². The van der Waals surface area contributed by atoms with E-state index in [9.17, 15) is 0 Å². The largest absolute Gasteiger partial charge is 0.366 e. The van der Waals surface area contributed by atoms with Gasteiger partial charge in [0.15, 0.2) is 0 Å². The van der Waals surface area contributed by atoms with Crippen LogP contribution in [0.15, 0.2) is 18.2 Å². The molecule has 1 aliphatic rings. The number of benzene rings is 1. The van der Waals surface area contributed by atoms with Crippen LogP contribution in [0.1, 0.15) is 44.2 Å². The predicted octanol–water partition coefficient (Wildman–Crippen LogP) is 4.21. The monoisotopic (exact) mass is 256 g/mol. The standard InChI is InChI=1S/C17H24N2/c1-13-7-8-14(2)16(12-13)19-11-5-6-15(9-10-18)17(19,3)4/h7-8,12,15H,5-6,9,11H2,1-4H3. The fraction of sp³-hybridized carbons (Fsp3) is 0.588. The summed E-state index contributed by atoms with van der Waals surface area (Å²) in [6, 6.07) is 9.02. The Bertz CT molecular complexity index is 496. The number of rotatable bonds is 2. The lowest BCUT2D eigenvalue weighted by atomic mass is 9.77. The molecule has 1 heterocycles. The Morgan fingerprint density at radius 3 is 2.79 bits per heavy atom. The van der Waals surface area contributed by atoms with Gasteiger partial charge >= 0.3 is 0 Å². The van der Waals surface area contributed by atoms with Crippen molar-refractivity contribution in [3.05, 3.63) is 29.3 Å². The first kappa shape index (κ1) is 13.9. The number of hydrogen-bond donors (Lipinski definition) is 0. The molecule has 1 aliphatic heterocycles. The molecule has 0 N–H and O–H groups in total. The molecule has 0 aliphatic carbocycles. The van der Waals surface area contributed by atoms with E-state index in [0.717, 1.165) is 6.54 Å². The second-order valence-corrected chi connectivity index (χ2v) is 6.30. The van der Waals surface area contributed by atoms with Gasteiger partial charge in [0, 0.05) is 24.2 Å². The molecule has 1 unspecified atom stereocenters. The summed E-state index contributed by atoms with van der Waals surface area (Å²) in [6.45, 7) is 10.00. The zero-order chi connectivity index (χ0) is 14.0. The van der Waals surface area contributed by atoms with E-state index in [0.29, 0.717) is 12.3 Å². The molecular weight excluding hydrogens is 232 g/mol. The average molecular weight is 256 g/mol. The van der Waals surface area contributed by atoms with Crippen LogP contribution in [0.25, 0.3) is 0 Å². The molecule has 102 valence electrons. The Kier molecular flexibility index (Phi) is 3.85. The van der Waals surface area contributed by atoms with Crippen LogP contribution in [0.4, 0.5) is 5.69 Å². The van der Waals surface area contributed by atoms with E-state index in [4.69, 9.17) is 5.26 Å². The molecule has 0 radical (unpaired) electrons. The first-order chi connectivity index (χ1) is 8.96. The van der Waals surface area contributed by atoms with Crippen molar-refractivity contribution in [2.75, 3.05) is 11.4 Å². The molecule has 2 rings (SSSR count). The summed E-state index contributed by atoms with van der Waals surface area (Å²) in [7, 11) is 0. The van der Waals surface area contributed by atoms with Crippen molar-refractivity contribution < 1.29 is 0 Å². The molecule has 19 heavy (non-hydrogen) atoms. The van der Waals surface area contributed by atoms with Crippen LogP contribution in [0.2, 0.25) is 0 Å². The average Bonchev–Trinajstić information content (AvgIpc) is 2.35. The normalized spacial score (nSPS) is 22.1. The van der Waals surface area contributed by atoms with Gasteiger partial charge in [0.05, 0.1) is 6.07 Å². The molecule has 2 nitrogen and oxygen atoms in total. The first-order valence-corrected chi connectivity index (χ1v) is 7.18. The molecule has 0 amide bonds. The minimum atomic E-state index is 0.0620. The Balaban J connectivity index is 2.38. The quantitative estimate of drug-likeness (QED) is 0.792. The fourth-order valence-electron chi connectivity index (χ4n) is 3.26. The molecule has 1 aromatic rings. The van der Waals surface area contributed by atoms with Crippen molar-refractivity contribution in [3.63, 3.8) is 0 Å². The van der Waals surface area contributed by atoms with E-state index in [2.05, 4.69) is 56.9 Å². The van der Waals surface area contributed by atoms with Crippen LogP contribution in [0.5, 0.6) is 0 Å². The highest BCUT2D eigenvalue weighted by molar-refractivity contribution is 5.57. The van der Waals surface area contributed by atoms with Crippen LogP contribution >= 0.6 is 0 Å². The molecule has 0 aromatic heterocycles. The summed E-state index contributed by atoms with van der Waals surface area (Å²) in [5, 5.41) is 9.04. The molecule has 1 saturated heterocycles. The van der Waals surface area contributed by atoms with Gasteiger partial charge in [0.25, 0.3) is 0 Å². The third-order valence-electron chi connectivity index (χ3n) is 4.62. The number of piperidine rings is 1. The summed E-state index contributed by atoms with van der Waals surface area (Å²) in [4.78, 5) is 2.51. The molecule has 0 spiro atoms. The third-order valence-corrected chi connectivity index (χ3v) is 4.62. The van der Waals surface area contributed by atoms with Crippen LogP contribution < -0.4 is 4.90 Å². The molecule has 1 aromatic carbocycles. The molecule has 1 fully saturated rings. The summed E-state index contributed by atoms with van der Waals surface area (Å²) < 4.78 is 0. The lowest BCUT2D eigenvalue weighted by molar-refractivity contribution is 0.241. The Morgan fingerprint density at radius 1 is 1.37 bits per heavy atom. The third kappa shape index (κ3) is 2.61. The number of hydrogen-bond acceptors (Lipinski definition) is 2. The predicted molar refractivity (Wildman–Crippen MR) is 80.3 cm³/mol. The highest BCUT2D eigenvalue weighted by atomic mass is 15.2. The smallest absolute Gasteiger partial charge is 0.0625 e. The number of nitrogens with zero attached hydrogens (tertiary/aromatic N) is 2. The Morgan fingerprint density at radius 2 is 2.11 bits per heavy atom. The lowest BCUT2D eigenvalue weighted by Crippen LogP contribution is -2.53. The second-order valence-electron chi connectivity index (χ2n) is 6.30. The van der Waals surface area contributed by atoms with Crippen LogP contribution in [0, 0.1) is 31.1 Å². The maximum atomic E-state index is 9.04. The van der Waals surface area contributed by atoms with Crippen molar-refractivity contribution in [2.24, 2.45) is 5.92 Å². The van der Waals surface area contributed by atoms with Gasteiger partial charge in [-0.05, 0) is 63.6 Å². The zero-order valence-electron chi connectivity index (χ0n) is 12.5. The number of aryl methyl sites for hydroxylation is 2. The molecule has 0 bridgehead atoms. The van der Waals surface area contributed by atoms with E-state index in [1.54, 1.807) is 0 Å². The second kappa shape index (κ2) is 5.25. The number of anilines is 1. The van der Waals surface area contributed by atoms with Gasteiger partial charge in [-0.3, -0.25) is 0 Å². The van der Waals surface area contributed by atoms with Gasteiger partial charge < -0.3 is 4.90 Å². The highest BCUT2D eigenvalue weighted by Crippen LogP contribution is 2.39. The minimum Gasteiger partial charge on any atom is -0.366 e. The summed E-state index contributed by atoms with van der Waals surface area (Å²) in [5.41, 5.74) is 4.04. The Labute approximate surface area is 117 Å². The van der Waals surface area contributed by atoms with Crippen molar-refractivity contribution >= 4 is 5.69 Å². The highest BCUT2D eigenvalue weighted by Gasteiger charge is 2.38. The summed E-state index contributed by atoms with van der Waals surface area (Å²) >= 11 is 0. The molecule has 1 atom stereocenters. The summed E-state index contributed by atoms with van der Waals surface area (Å²) in [6.07, 6.45) is 3.01. The Hall–Kier alpha value is -1.49. The van der Waals surface area contributed by atoms with Crippen molar-refractivity contribution in [1.82, 2.24) is 0 Å². The van der Waals surface area contributed by atoms with Crippen molar-refractivity contribution in [3.8, 4) is 6.07 Å². The van der Waals surface area contributed by atoms with E-state index >= 15 is 0 Å². The zero-order valence-corrected chi connectivity index (χ0v) is 12.5. The van der Waals surface area contributed by atoms with Crippen LogP contribution in [-0.2, 0) is 0 Å². The van der Waals surface area contributed by atoms with E-state index in [-0.39, 0.29) is 5.54 Å². The first-order valence-electron chi connectivity index (χ1n) is 7.18. The van der Waals surface area contributed by atoms with Crippen molar-refractivity contribution in [2.45, 2.75) is 52.5 Å². The van der Waals surface area contributed by atoms with E-state index in [1.165, 1.54) is 29.7 Å². The fourth-order valence-corrected chi connectivity index (χ4v) is 3.26. The summed E-state index contributed by atoms with van der Waals surface area (Å²) in [5.74, 6) is 0.464. The van der Waals surface area contributed by atoms with Gasteiger partial charge in [-0.15, -0.1) is 0 Å². The SMILES string of the molecule is Cc1ccc(C)c(N2CCCC(CC#N)C2(C)C)c1. The number of nitriles is 1. The van der Waals surface area contributed by atoms with Gasteiger partial charge in [0.2, 0.25) is 0 Å². The maximum absolute atomic E-state index is 9.04. The van der Waals surface area contributed by atoms with Gasteiger partial charge in [-0.1, -0.05) is 12.1 Å². The van der Waals surface area contributed by atoms with E-state index < -0.39 is 0 Å².